The number of hydrogen-bond donors (Lipinski definition) is 3. The predicted molar refractivity (Wildman–Crippen MR) is 114 cm³/mol. The number of benzene rings is 1. The van der Waals surface area contributed by atoms with Crippen LogP contribution in [0.25, 0.3) is 5.57 Å². The Hall–Kier alpha value is -2.92. The minimum atomic E-state index is -0.958. The van der Waals surface area contributed by atoms with Gasteiger partial charge in [0.2, 0.25) is 0 Å². The largest absolute Gasteiger partial charge is 0.478 e. The molecule has 5 heteroatoms. The summed E-state index contributed by atoms with van der Waals surface area (Å²) in [6, 6.07) is 8.15. The van der Waals surface area contributed by atoms with Crippen LogP contribution in [0.1, 0.15) is 53.4 Å². The van der Waals surface area contributed by atoms with Crippen LogP contribution in [-0.4, -0.2) is 29.1 Å². The van der Waals surface area contributed by atoms with Gasteiger partial charge in [0.25, 0.3) is 0 Å². The van der Waals surface area contributed by atoms with Crippen LogP contribution >= 0.6 is 0 Å². The number of hydrogen-bond acceptors (Lipinski definition) is 4. The number of anilines is 1. The highest BCUT2D eigenvalue weighted by Crippen LogP contribution is 2.29. The van der Waals surface area contributed by atoms with Crippen LogP contribution in [0, 0.1) is 0 Å². The molecule has 5 nitrogen and oxygen atoms in total. The number of fused-ring (bicyclic) bond motifs is 1. The van der Waals surface area contributed by atoms with Crippen molar-refractivity contribution in [2.24, 2.45) is 0 Å². The average Bonchev–Trinajstić information content (AvgIpc) is 2.71. The Kier molecular flexibility index (Phi) is 6.26. The minimum absolute atomic E-state index is 0.111. The third-order valence-electron chi connectivity index (χ3n) is 5.19. The molecule has 3 N–H and O–H groups in total. The van der Waals surface area contributed by atoms with Crippen molar-refractivity contribution in [3.05, 3.63) is 77.1 Å². The number of rotatable bonds is 7. The van der Waals surface area contributed by atoms with Gasteiger partial charge in [-0.25, -0.2) is 4.79 Å². The quantitative estimate of drug-likeness (QED) is 0.622. The molecular formula is C23H27N3O2. The molecule has 0 spiro atoms. The summed E-state index contributed by atoms with van der Waals surface area (Å²) in [5, 5.41) is 16.1. The standard InChI is InChI=1S/C23H27N3O2/c1-4-5-15(2)16(3)17-6-7-19-18(12-17)8-11-25-22(19)14-26-21-13-24-10-9-20(21)23(27)28/h5-7,9-10,12-13,22,25-26H,3-4,8,11,14H2,1-2H3,(H,27,28)/b15-5-/t22-/m0/s1. The number of aromatic carboxylic acids is 1. The van der Waals surface area contributed by atoms with E-state index in [1.54, 1.807) is 6.20 Å². The maximum atomic E-state index is 11.4. The van der Waals surface area contributed by atoms with Crippen LogP contribution in [0.15, 0.2) is 54.9 Å². The highest BCUT2D eigenvalue weighted by molar-refractivity contribution is 5.93. The smallest absolute Gasteiger partial charge is 0.337 e. The molecule has 0 amide bonds. The summed E-state index contributed by atoms with van der Waals surface area (Å²) in [7, 11) is 0. The van der Waals surface area contributed by atoms with E-state index in [2.05, 4.69) is 60.3 Å². The zero-order valence-electron chi connectivity index (χ0n) is 16.5. The molecule has 1 aromatic carbocycles. The van der Waals surface area contributed by atoms with Crippen molar-refractivity contribution < 1.29 is 9.90 Å². The van der Waals surface area contributed by atoms with Crippen LogP contribution in [-0.2, 0) is 6.42 Å². The molecular weight excluding hydrogens is 350 g/mol. The van der Waals surface area contributed by atoms with E-state index in [1.165, 1.54) is 29.0 Å². The average molecular weight is 377 g/mol. The topological polar surface area (TPSA) is 74.2 Å². The molecule has 0 saturated heterocycles. The van der Waals surface area contributed by atoms with Gasteiger partial charge >= 0.3 is 5.97 Å². The monoisotopic (exact) mass is 377 g/mol. The van der Waals surface area contributed by atoms with Crippen molar-refractivity contribution in [2.75, 3.05) is 18.4 Å². The van der Waals surface area contributed by atoms with E-state index in [0.717, 1.165) is 30.5 Å². The molecule has 1 aliphatic rings. The second kappa shape index (κ2) is 8.85. The van der Waals surface area contributed by atoms with Crippen molar-refractivity contribution in [3.63, 3.8) is 0 Å². The maximum Gasteiger partial charge on any atom is 0.337 e. The number of carboxylic acids is 1. The molecule has 1 atom stereocenters. The van der Waals surface area contributed by atoms with Gasteiger partial charge in [-0.05, 0) is 60.2 Å². The van der Waals surface area contributed by atoms with Crippen molar-refractivity contribution in [1.82, 2.24) is 10.3 Å². The van der Waals surface area contributed by atoms with E-state index < -0.39 is 5.97 Å². The van der Waals surface area contributed by atoms with Gasteiger partial charge < -0.3 is 15.7 Å². The Morgan fingerprint density at radius 1 is 1.43 bits per heavy atom. The Bertz CT molecular complexity index is 918. The number of nitrogens with one attached hydrogen (secondary N) is 2. The molecule has 1 aliphatic heterocycles. The lowest BCUT2D eigenvalue weighted by Crippen LogP contribution is -2.34. The van der Waals surface area contributed by atoms with Crippen molar-refractivity contribution in [2.45, 2.75) is 32.7 Å². The van der Waals surface area contributed by atoms with Gasteiger partial charge in [0.1, 0.15) is 0 Å². The Labute approximate surface area is 166 Å². The van der Waals surface area contributed by atoms with Crippen molar-refractivity contribution in [1.29, 1.82) is 0 Å². The summed E-state index contributed by atoms with van der Waals surface area (Å²) in [5.74, 6) is -0.958. The lowest BCUT2D eigenvalue weighted by molar-refractivity contribution is 0.0697. The molecule has 0 radical (unpaired) electrons. The third-order valence-corrected chi connectivity index (χ3v) is 5.19. The van der Waals surface area contributed by atoms with Crippen LogP contribution in [0.3, 0.4) is 0 Å². The van der Waals surface area contributed by atoms with Crippen LogP contribution in [0.4, 0.5) is 5.69 Å². The second-order valence-corrected chi connectivity index (χ2v) is 7.05. The first kappa shape index (κ1) is 19.8. The first-order chi connectivity index (χ1) is 13.5. The van der Waals surface area contributed by atoms with Crippen molar-refractivity contribution in [3.8, 4) is 0 Å². The number of aromatic nitrogens is 1. The predicted octanol–water partition coefficient (Wildman–Crippen LogP) is 4.45. The van der Waals surface area contributed by atoms with Gasteiger partial charge in [0.15, 0.2) is 0 Å². The van der Waals surface area contributed by atoms with Crippen LogP contribution < -0.4 is 10.6 Å². The highest BCUT2D eigenvalue weighted by atomic mass is 16.4. The minimum Gasteiger partial charge on any atom is -0.478 e. The van der Waals surface area contributed by atoms with E-state index in [9.17, 15) is 9.90 Å². The lowest BCUT2D eigenvalue weighted by Gasteiger charge is -2.28. The molecule has 2 heterocycles. The van der Waals surface area contributed by atoms with E-state index in [1.807, 2.05) is 0 Å². The molecule has 3 rings (SSSR count). The van der Waals surface area contributed by atoms with E-state index in [-0.39, 0.29) is 11.6 Å². The first-order valence-corrected chi connectivity index (χ1v) is 9.65. The Morgan fingerprint density at radius 2 is 2.25 bits per heavy atom. The molecule has 146 valence electrons. The van der Waals surface area contributed by atoms with Gasteiger partial charge in [-0.2, -0.15) is 0 Å². The fourth-order valence-electron chi connectivity index (χ4n) is 3.61. The number of carboxylic acid groups (broad SMARTS) is 1. The summed E-state index contributed by atoms with van der Waals surface area (Å²) >= 11 is 0. The number of carbonyl (C=O) groups is 1. The Morgan fingerprint density at radius 3 is 3.00 bits per heavy atom. The van der Waals surface area contributed by atoms with E-state index >= 15 is 0 Å². The van der Waals surface area contributed by atoms with Gasteiger partial charge in [-0.15, -0.1) is 0 Å². The molecule has 0 aliphatic carbocycles. The lowest BCUT2D eigenvalue weighted by atomic mass is 9.89. The van der Waals surface area contributed by atoms with Gasteiger partial charge in [-0.3, -0.25) is 4.98 Å². The fourth-order valence-corrected chi connectivity index (χ4v) is 3.61. The third kappa shape index (κ3) is 4.31. The molecule has 2 aromatic rings. The molecule has 0 bridgehead atoms. The summed E-state index contributed by atoms with van der Waals surface area (Å²) in [4.78, 5) is 15.4. The summed E-state index contributed by atoms with van der Waals surface area (Å²) in [5.41, 5.74) is 6.78. The molecule has 0 saturated carbocycles. The molecule has 0 fully saturated rings. The number of nitrogens with zero attached hydrogens (tertiary/aromatic N) is 1. The summed E-state index contributed by atoms with van der Waals surface area (Å²) in [6.45, 7) is 9.97. The zero-order valence-corrected chi connectivity index (χ0v) is 16.5. The second-order valence-electron chi connectivity index (χ2n) is 7.05. The normalized spacial score (nSPS) is 16.4. The maximum absolute atomic E-state index is 11.4. The SMILES string of the molecule is C=C(/C(C)=C\CC)c1ccc2c(c1)CCN[C@H]2CNc1cnccc1C(=O)O. The summed E-state index contributed by atoms with van der Waals surface area (Å²) in [6.07, 6.45) is 7.22. The first-order valence-electron chi connectivity index (χ1n) is 9.65. The molecule has 28 heavy (non-hydrogen) atoms. The van der Waals surface area contributed by atoms with E-state index in [4.69, 9.17) is 0 Å². The number of allylic oxidation sites excluding steroid dienone is 3. The van der Waals surface area contributed by atoms with Gasteiger partial charge in [0, 0.05) is 18.8 Å². The number of pyridine rings is 1. The zero-order chi connectivity index (χ0) is 20.1. The summed E-state index contributed by atoms with van der Waals surface area (Å²) < 4.78 is 0. The van der Waals surface area contributed by atoms with Gasteiger partial charge in [0.05, 0.1) is 17.4 Å². The Balaban J connectivity index is 1.78. The van der Waals surface area contributed by atoms with E-state index in [0.29, 0.717) is 12.2 Å². The van der Waals surface area contributed by atoms with Gasteiger partial charge in [-0.1, -0.05) is 37.8 Å². The van der Waals surface area contributed by atoms with Crippen LogP contribution in [0.2, 0.25) is 0 Å². The molecule has 1 aromatic heterocycles. The van der Waals surface area contributed by atoms with Crippen LogP contribution in [0.5, 0.6) is 0 Å². The highest BCUT2D eigenvalue weighted by Gasteiger charge is 2.21. The molecule has 0 unspecified atom stereocenters. The fraction of sp³-hybridized carbons (Fsp3) is 0.304. The van der Waals surface area contributed by atoms with Crippen molar-refractivity contribution >= 4 is 17.2 Å².